The average molecular weight is 289 g/mol. The second-order valence-electron chi connectivity index (χ2n) is 4.62. The highest BCUT2D eigenvalue weighted by Crippen LogP contribution is 2.33. The van der Waals surface area contributed by atoms with Gasteiger partial charge in [0.1, 0.15) is 5.82 Å². The molecule has 0 aliphatic heterocycles. The van der Waals surface area contributed by atoms with Gasteiger partial charge in [-0.3, -0.25) is 4.68 Å². The number of aryl methyl sites for hydroxylation is 1. The molecule has 104 valence electrons. The van der Waals surface area contributed by atoms with Crippen LogP contribution in [0.25, 0.3) is 10.1 Å². The summed E-state index contributed by atoms with van der Waals surface area (Å²) < 4.78 is 16.4. The first-order valence-corrected chi connectivity index (χ1v) is 7.42. The Hall–Kier alpha value is -1.72. The molecule has 0 fully saturated rings. The first kappa shape index (κ1) is 13.3. The van der Waals surface area contributed by atoms with Gasteiger partial charge in [-0.25, -0.2) is 4.39 Å². The average Bonchev–Trinajstić information content (AvgIpc) is 3.05. The Balaban J connectivity index is 2.07. The molecule has 1 atom stereocenters. The number of benzene rings is 1. The van der Waals surface area contributed by atoms with Gasteiger partial charge in [0.2, 0.25) is 0 Å². The fraction of sp³-hybridized carbons (Fsp3) is 0.267. The molecule has 5 heteroatoms. The zero-order valence-corrected chi connectivity index (χ0v) is 12.2. The Morgan fingerprint density at radius 3 is 2.95 bits per heavy atom. The van der Waals surface area contributed by atoms with Crippen molar-refractivity contribution in [3.05, 3.63) is 52.9 Å². The molecule has 20 heavy (non-hydrogen) atoms. The highest BCUT2D eigenvalue weighted by Gasteiger charge is 2.18. The smallest absolute Gasteiger partial charge is 0.123 e. The molecule has 0 aliphatic rings. The third-order valence-electron chi connectivity index (χ3n) is 3.42. The number of fused-ring (bicyclic) bond motifs is 1. The van der Waals surface area contributed by atoms with Gasteiger partial charge in [-0.05, 0) is 49.7 Å². The van der Waals surface area contributed by atoms with Crippen LogP contribution in [-0.2, 0) is 6.54 Å². The lowest BCUT2D eigenvalue weighted by Crippen LogP contribution is -2.20. The molecule has 0 spiro atoms. The van der Waals surface area contributed by atoms with E-state index in [0.717, 1.165) is 22.3 Å². The summed E-state index contributed by atoms with van der Waals surface area (Å²) in [6.45, 7) is 2.91. The van der Waals surface area contributed by atoms with Crippen molar-refractivity contribution in [2.24, 2.45) is 0 Å². The molecule has 0 amide bonds. The first-order chi connectivity index (χ1) is 9.72. The highest BCUT2D eigenvalue weighted by atomic mass is 32.1. The second kappa shape index (κ2) is 5.34. The maximum atomic E-state index is 13.3. The zero-order valence-electron chi connectivity index (χ0n) is 11.4. The number of aromatic nitrogens is 2. The van der Waals surface area contributed by atoms with Crippen molar-refractivity contribution in [2.75, 3.05) is 7.05 Å². The van der Waals surface area contributed by atoms with Crippen molar-refractivity contribution in [3.8, 4) is 0 Å². The van der Waals surface area contributed by atoms with E-state index in [4.69, 9.17) is 0 Å². The zero-order chi connectivity index (χ0) is 14.1. The summed E-state index contributed by atoms with van der Waals surface area (Å²) in [5.74, 6) is -0.193. The van der Waals surface area contributed by atoms with Crippen molar-refractivity contribution in [3.63, 3.8) is 0 Å². The maximum Gasteiger partial charge on any atom is 0.123 e. The fourth-order valence-corrected chi connectivity index (χ4v) is 3.63. The molecule has 3 aromatic rings. The molecular formula is C15H16FN3S. The van der Waals surface area contributed by atoms with Gasteiger partial charge < -0.3 is 5.32 Å². The van der Waals surface area contributed by atoms with Gasteiger partial charge in [-0.2, -0.15) is 5.10 Å². The van der Waals surface area contributed by atoms with Crippen molar-refractivity contribution in [1.29, 1.82) is 0 Å². The van der Waals surface area contributed by atoms with E-state index in [1.54, 1.807) is 17.4 Å². The number of halogens is 1. The SMILES string of the molecule is CCn1nccc1C(NC)c1cc2cc(F)ccc2s1. The van der Waals surface area contributed by atoms with Gasteiger partial charge in [-0.15, -0.1) is 11.3 Å². The predicted octanol–water partition coefficient (Wildman–Crippen LogP) is 3.57. The van der Waals surface area contributed by atoms with Gasteiger partial charge in [-0.1, -0.05) is 0 Å². The molecular weight excluding hydrogens is 273 g/mol. The van der Waals surface area contributed by atoms with Crippen molar-refractivity contribution in [1.82, 2.24) is 15.1 Å². The minimum absolute atomic E-state index is 0.0814. The highest BCUT2D eigenvalue weighted by molar-refractivity contribution is 7.19. The number of thiophene rings is 1. The molecule has 3 rings (SSSR count). The number of nitrogens with zero attached hydrogens (tertiary/aromatic N) is 2. The van der Waals surface area contributed by atoms with Crippen LogP contribution in [0.15, 0.2) is 36.5 Å². The van der Waals surface area contributed by atoms with Gasteiger partial charge in [0.25, 0.3) is 0 Å². The molecule has 1 aromatic carbocycles. The monoisotopic (exact) mass is 289 g/mol. The van der Waals surface area contributed by atoms with Crippen LogP contribution >= 0.6 is 11.3 Å². The summed E-state index contributed by atoms with van der Waals surface area (Å²) in [5.41, 5.74) is 1.13. The Morgan fingerprint density at radius 1 is 1.35 bits per heavy atom. The van der Waals surface area contributed by atoms with Crippen molar-refractivity contribution >= 4 is 21.4 Å². The summed E-state index contributed by atoms with van der Waals surface area (Å²) in [5, 5.41) is 8.60. The van der Waals surface area contributed by atoms with Crippen LogP contribution in [0.5, 0.6) is 0 Å². The van der Waals surface area contributed by atoms with E-state index in [-0.39, 0.29) is 11.9 Å². The lowest BCUT2D eigenvalue weighted by molar-refractivity contribution is 0.568. The van der Waals surface area contributed by atoms with E-state index >= 15 is 0 Å². The molecule has 0 aliphatic carbocycles. The Morgan fingerprint density at radius 2 is 2.20 bits per heavy atom. The van der Waals surface area contributed by atoms with E-state index in [1.807, 2.05) is 30.1 Å². The van der Waals surface area contributed by atoms with Crippen LogP contribution in [0, 0.1) is 5.82 Å². The lowest BCUT2D eigenvalue weighted by atomic mass is 10.1. The Bertz CT molecular complexity index is 732. The lowest BCUT2D eigenvalue weighted by Gasteiger charge is -2.15. The van der Waals surface area contributed by atoms with Crippen LogP contribution in [0.2, 0.25) is 0 Å². The van der Waals surface area contributed by atoms with Crippen LogP contribution < -0.4 is 5.32 Å². The number of hydrogen-bond donors (Lipinski definition) is 1. The molecule has 0 saturated carbocycles. The minimum atomic E-state index is -0.193. The van der Waals surface area contributed by atoms with E-state index < -0.39 is 0 Å². The third-order valence-corrected chi connectivity index (χ3v) is 4.60. The molecule has 0 saturated heterocycles. The van der Waals surface area contributed by atoms with E-state index in [2.05, 4.69) is 23.4 Å². The molecule has 1 unspecified atom stereocenters. The Kier molecular flexibility index (Phi) is 3.54. The number of hydrogen-bond acceptors (Lipinski definition) is 3. The Labute approximate surface area is 121 Å². The number of rotatable bonds is 4. The van der Waals surface area contributed by atoms with Crippen molar-refractivity contribution < 1.29 is 4.39 Å². The second-order valence-corrected chi connectivity index (χ2v) is 5.74. The first-order valence-electron chi connectivity index (χ1n) is 6.61. The fourth-order valence-electron chi connectivity index (χ4n) is 2.47. The number of nitrogens with one attached hydrogen (secondary N) is 1. The van der Waals surface area contributed by atoms with Gasteiger partial charge >= 0.3 is 0 Å². The van der Waals surface area contributed by atoms with Gasteiger partial charge in [0.05, 0.1) is 11.7 Å². The summed E-state index contributed by atoms with van der Waals surface area (Å²) in [7, 11) is 1.93. The molecule has 0 bridgehead atoms. The van der Waals surface area contributed by atoms with Crippen LogP contribution in [0.1, 0.15) is 23.5 Å². The normalized spacial score (nSPS) is 12.9. The quantitative estimate of drug-likeness (QED) is 0.796. The molecule has 2 aromatic heterocycles. The van der Waals surface area contributed by atoms with Crippen LogP contribution in [0.4, 0.5) is 4.39 Å². The molecule has 0 radical (unpaired) electrons. The third kappa shape index (κ3) is 2.23. The summed E-state index contributed by atoms with van der Waals surface area (Å²) in [6, 6.07) is 9.08. The minimum Gasteiger partial charge on any atom is -0.307 e. The molecule has 1 N–H and O–H groups in total. The van der Waals surface area contributed by atoms with Gasteiger partial charge in [0, 0.05) is 22.3 Å². The topological polar surface area (TPSA) is 29.9 Å². The standard InChI is InChI=1S/C15H16FN3S/c1-3-19-12(6-7-18-19)15(17-2)14-9-10-8-11(16)4-5-13(10)20-14/h4-9,15,17H,3H2,1-2H3. The van der Waals surface area contributed by atoms with Gasteiger partial charge in [0.15, 0.2) is 0 Å². The maximum absolute atomic E-state index is 13.3. The molecule has 2 heterocycles. The summed E-state index contributed by atoms with van der Waals surface area (Å²) in [4.78, 5) is 1.17. The van der Waals surface area contributed by atoms with E-state index in [9.17, 15) is 4.39 Å². The van der Waals surface area contributed by atoms with E-state index in [0.29, 0.717) is 0 Å². The largest absolute Gasteiger partial charge is 0.307 e. The van der Waals surface area contributed by atoms with E-state index in [1.165, 1.54) is 10.9 Å². The van der Waals surface area contributed by atoms with Crippen LogP contribution in [-0.4, -0.2) is 16.8 Å². The summed E-state index contributed by atoms with van der Waals surface area (Å²) >= 11 is 1.69. The summed E-state index contributed by atoms with van der Waals surface area (Å²) in [6.07, 6.45) is 1.82. The van der Waals surface area contributed by atoms with Crippen LogP contribution in [0.3, 0.4) is 0 Å². The van der Waals surface area contributed by atoms with Crippen molar-refractivity contribution in [2.45, 2.75) is 19.5 Å². The molecule has 3 nitrogen and oxygen atoms in total. The predicted molar refractivity (Wildman–Crippen MR) is 80.6 cm³/mol.